The predicted octanol–water partition coefficient (Wildman–Crippen LogP) is 3.33. The molecule has 1 aromatic rings. The van der Waals surface area contributed by atoms with Gasteiger partial charge in [0.15, 0.2) is 0 Å². The van der Waals surface area contributed by atoms with Gasteiger partial charge in [-0.1, -0.05) is 18.2 Å². The molecule has 2 atom stereocenters. The Morgan fingerprint density at radius 2 is 1.92 bits per heavy atom. The molecule has 0 spiro atoms. The van der Waals surface area contributed by atoms with Crippen LogP contribution in [0.25, 0.3) is 0 Å². The third-order valence-corrected chi connectivity index (χ3v) is 4.60. The van der Waals surface area contributed by atoms with Gasteiger partial charge in [-0.3, -0.25) is 4.79 Å². The molecule has 0 saturated heterocycles. The summed E-state index contributed by atoms with van der Waals surface area (Å²) in [7, 11) is -1.51. The molecule has 0 bridgehead atoms. The van der Waals surface area contributed by atoms with Gasteiger partial charge in [-0.15, -0.1) is 0 Å². The van der Waals surface area contributed by atoms with E-state index >= 15 is 0 Å². The van der Waals surface area contributed by atoms with Crippen molar-refractivity contribution in [1.29, 1.82) is 0 Å². The van der Waals surface area contributed by atoms with Crippen LogP contribution in [0.5, 0.6) is 5.75 Å². The molecule has 1 rings (SSSR count). The van der Waals surface area contributed by atoms with Gasteiger partial charge >= 0.3 is 12.6 Å². The maximum absolute atomic E-state index is 12.6. The van der Waals surface area contributed by atoms with Crippen molar-refractivity contribution < 1.29 is 27.3 Å². The van der Waals surface area contributed by atoms with E-state index in [1.54, 1.807) is 45.9 Å². The van der Waals surface area contributed by atoms with Crippen molar-refractivity contribution in [2.75, 3.05) is 6.61 Å². The molecule has 0 heterocycles. The fraction of sp³-hybridized carbons (Fsp3) is 0.562. The molecule has 0 aromatic heterocycles. The maximum Gasteiger partial charge on any atom is 0.387 e. The van der Waals surface area contributed by atoms with Crippen LogP contribution >= 0.6 is 0 Å². The van der Waals surface area contributed by atoms with E-state index in [9.17, 15) is 17.8 Å². The van der Waals surface area contributed by atoms with E-state index in [-0.39, 0.29) is 18.8 Å². The highest BCUT2D eigenvalue weighted by Gasteiger charge is 2.27. The Labute approximate surface area is 143 Å². The molecule has 0 aliphatic rings. The molecular weight excluding hydrogens is 340 g/mol. The van der Waals surface area contributed by atoms with E-state index in [1.165, 1.54) is 6.07 Å². The van der Waals surface area contributed by atoms with E-state index < -0.39 is 34.4 Å². The first-order valence-electron chi connectivity index (χ1n) is 7.52. The number of esters is 1. The van der Waals surface area contributed by atoms with Crippen molar-refractivity contribution >= 4 is 17.0 Å². The highest BCUT2D eigenvalue weighted by Crippen LogP contribution is 2.30. The first-order valence-corrected chi connectivity index (χ1v) is 8.67. The van der Waals surface area contributed by atoms with Crippen molar-refractivity contribution in [2.45, 2.75) is 51.5 Å². The van der Waals surface area contributed by atoms with Crippen LogP contribution in [-0.2, 0) is 20.5 Å². The van der Waals surface area contributed by atoms with Crippen LogP contribution in [0.2, 0.25) is 0 Å². The molecule has 0 amide bonds. The maximum atomic E-state index is 12.6. The van der Waals surface area contributed by atoms with Crippen LogP contribution < -0.4 is 9.46 Å². The summed E-state index contributed by atoms with van der Waals surface area (Å²) < 4.78 is 49.2. The summed E-state index contributed by atoms with van der Waals surface area (Å²) in [5.41, 5.74) is 0.323. The van der Waals surface area contributed by atoms with E-state index in [0.717, 1.165) is 0 Å². The van der Waals surface area contributed by atoms with Crippen molar-refractivity contribution in [3.8, 4) is 5.75 Å². The number of alkyl halides is 2. The quantitative estimate of drug-likeness (QED) is 0.720. The zero-order chi connectivity index (χ0) is 18.3. The summed E-state index contributed by atoms with van der Waals surface area (Å²) in [6.45, 7) is 4.16. The molecule has 0 aliphatic carbocycles. The number of rotatable bonds is 8. The van der Waals surface area contributed by atoms with E-state index in [2.05, 4.69) is 9.46 Å². The van der Waals surface area contributed by atoms with Crippen LogP contribution in [-0.4, -0.2) is 28.1 Å². The van der Waals surface area contributed by atoms with E-state index in [4.69, 9.17) is 4.74 Å². The Morgan fingerprint density at radius 1 is 1.29 bits per heavy atom. The summed E-state index contributed by atoms with van der Waals surface area (Å²) in [5.74, 6) is -0.590. The van der Waals surface area contributed by atoms with Gasteiger partial charge in [0, 0.05) is 5.56 Å². The fourth-order valence-corrected chi connectivity index (χ4v) is 2.70. The van der Waals surface area contributed by atoms with Gasteiger partial charge in [0.05, 0.1) is 34.8 Å². The Balaban J connectivity index is 3.12. The highest BCUT2D eigenvalue weighted by atomic mass is 32.2. The number of benzene rings is 1. The fourth-order valence-electron chi connectivity index (χ4n) is 1.88. The lowest BCUT2D eigenvalue weighted by Crippen LogP contribution is -2.37. The minimum Gasteiger partial charge on any atom is -0.466 e. The SMILES string of the molecule is CCOC(=O)CC(NS(=O)C(C)(C)C)c1ccccc1OC(F)F. The van der Waals surface area contributed by atoms with Gasteiger partial charge in [0.1, 0.15) is 5.75 Å². The Hall–Kier alpha value is -1.54. The number of carbonyl (C=O) groups excluding carboxylic acids is 1. The third-order valence-electron chi connectivity index (χ3n) is 2.99. The normalized spacial score (nSPS) is 14.3. The molecule has 0 aliphatic heterocycles. The molecule has 1 aromatic carbocycles. The second-order valence-electron chi connectivity index (χ2n) is 5.98. The lowest BCUT2D eigenvalue weighted by molar-refractivity contribution is -0.143. The average Bonchev–Trinajstić information content (AvgIpc) is 2.45. The zero-order valence-corrected chi connectivity index (χ0v) is 15.0. The second kappa shape index (κ2) is 9.08. The van der Waals surface area contributed by atoms with E-state index in [0.29, 0.717) is 5.56 Å². The van der Waals surface area contributed by atoms with Gasteiger partial charge in [-0.05, 0) is 33.8 Å². The summed E-state index contributed by atoms with van der Waals surface area (Å²) in [5, 5.41) is 0. The second-order valence-corrected chi connectivity index (χ2v) is 7.97. The van der Waals surface area contributed by atoms with Crippen molar-refractivity contribution in [2.24, 2.45) is 0 Å². The van der Waals surface area contributed by atoms with Gasteiger partial charge in [0.25, 0.3) is 0 Å². The van der Waals surface area contributed by atoms with Crippen LogP contribution in [0.15, 0.2) is 24.3 Å². The van der Waals surface area contributed by atoms with Gasteiger partial charge in [0.2, 0.25) is 0 Å². The molecule has 0 radical (unpaired) electrons. The molecule has 1 N–H and O–H groups in total. The number of para-hydroxylation sites is 1. The molecule has 0 saturated carbocycles. The minimum atomic E-state index is -3.00. The smallest absolute Gasteiger partial charge is 0.387 e. The van der Waals surface area contributed by atoms with Crippen LogP contribution in [0, 0.1) is 0 Å². The predicted molar refractivity (Wildman–Crippen MR) is 88.1 cm³/mol. The van der Waals surface area contributed by atoms with Crippen molar-refractivity contribution in [3.05, 3.63) is 29.8 Å². The Kier molecular flexibility index (Phi) is 7.75. The summed E-state index contributed by atoms with van der Waals surface area (Å²) in [6.07, 6.45) is -0.154. The lowest BCUT2D eigenvalue weighted by atomic mass is 10.0. The molecule has 136 valence electrons. The first-order chi connectivity index (χ1) is 11.1. The monoisotopic (exact) mass is 363 g/mol. The zero-order valence-electron chi connectivity index (χ0n) is 14.2. The highest BCUT2D eigenvalue weighted by molar-refractivity contribution is 7.84. The summed E-state index contributed by atoms with van der Waals surface area (Å²) in [4.78, 5) is 11.8. The number of nitrogens with one attached hydrogen (secondary N) is 1. The van der Waals surface area contributed by atoms with Gasteiger partial charge in [-0.2, -0.15) is 8.78 Å². The average molecular weight is 363 g/mol. The number of hydrogen-bond donors (Lipinski definition) is 1. The molecule has 24 heavy (non-hydrogen) atoms. The first kappa shape index (κ1) is 20.5. The number of hydrogen-bond acceptors (Lipinski definition) is 4. The minimum absolute atomic E-state index is 0.0693. The van der Waals surface area contributed by atoms with Crippen molar-refractivity contribution in [3.63, 3.8) is 0 Å². The van der Waals surface area contributed by atoms with E-state index in [1.807, 2.05) is 0 Å². The lowest BCUT2D eigenvalue weighted by Gasteiger charge is -2.25. The molecular formula is C16H23F2NO4S. The van der Waals surface area contributed by atoms with Gasteiger partial charge in [-0.25, -0.2) is 8.93 Å². The third kappa shape index (κ3) is 6.52. The largest absolute Gasteiger partial charge is 0.466 e. The Bertz CT molecular complexity index is 575. The van der Waals surface area contributed by atoms with Crippen LogP contribution in [0.4, 0.5) is 8.78 Å². The Morgan fingerprint density at radius 3 is 2.46 bits per heavy atom. The van der Waals surface area contributed by atoms with Gasteiger partial charge < -0.3 is 9.47 Å². The molecule has 5 nitrogen and oxygen atoms in total. The number of carbonyl (C=O) groups is 1. The number of halogens is 2. The van der Waals surface area contributed by atoms with Crippen LogP contribution in [0.1, 0.15) is 45.7 Å². The standard InChI is InChI=1S/C16H23F2NO4S/c1-5-22-14(20)10-12(19-24(21)16(2,3)4)11-8-6-7-9-13(11)23-15(17)18/h6-9,12,15,19H,5,10H2,1-4H3. The molecule has 8 heteroatoms. The topological polar surface area (TPSA) is 64.6 Å². The molecule has 0 fully saturated rings. The summed E-state index contributed by atoms with van der Waals surface area (Å²) >= 11 is 0. The van der Waals surface area contributed by atoms with Crippen molar-refractivity contribution in [1.82, 2.24) is 4.72 Å². The van der Waals surface area contributed by atoms with Crippen LogP contribution in [0.3, 0.4) is 0 Å². The summed E-state index contributed by atoms with van der Waals surface area (Å²) in [6, 6.07) is 5.33. The molecule has 2 unspecified atom stereocenters. The number of ether oxygens (including phenoxy) is 2.